The summed E-state index contributed by atoms with van der Waals surface area (Å²) in [7, 11) is 0. The molecule has 1 aliphatic rings. The van der Waals surface area contributed by atoms with Crippen molar-refractivity contribution >= 4 is 41.5 Å². The van der Waals surface area contributed by atoms with Crippen molar-refractivity contribution in [3.8, 4) is 11.4 Å². The number of fused-ring (bicyclic) bond motifs is 3. The van der Waals surface area contributed by atoms with Gasteiger partial charge in [0.15, 0.2) is 5.82 Å². The maximum atomic E-state index is 12.8. The highest BCUT2D eigenvalue weighted by atomic mass is 32.2. The highest BCUT2D eigenvalue weighted by molar-refractivity contribution is 7.98. The second-order valence-electron chi connectivity index (χ2n) is 7.35. The van der Waals surface area contributed by atoms with E-state index in [4.69, 9.17) is 0 Å². The monoisotopic (exact) mass is 462 g/mol. The van der Waals surface area contributed by atoms with Gasteiger partial charge in [0.1, 0.15) is 17.2 Å². The van der Waals surface area contributed by atoms with Gasteiger partial charge in [0, 0.05) is 9.79 Å². The smallest absolute Gasteiger partial charge is 0.327 e. The van der Waals surface area contributed by atoms with E-state index in [0.29, 0.717) is 36.1 Å². The molecule has 9 heteroatoms. The first-order chi connectivity index (χ1) is 15.7. The average molecular weight is 463 g/mol. The van der Waals surface area contributed by atoms with Crippen molar-refractivity contribution in [2.45, 2.75) is 22.9 Å². The Morgan fingerprint density at radius 1 is 1.03 bits per heavy atom. The van der Waals surface area contributed by atoms with E-state index in [-0.39, 0.29) is 5.69 Å². The van der Waals surface area contributed by atoms with Crippen LogP contribution in [0.2, 0.25) is 0 Å². The van der Waals surface area contributed by atoms with Crippen molar-refractivity contribution in [1.29, 1.82) is 0 Å². The number of aromatic amines is 1. The standard InChI is InChI=1S/C23H22N6OS2/c1-31-17-8-5-6-15(10-17)11-29-22-20(27-23(29)30)19-21(24-13-25-22)28(14-26-19)12-16-7-3-4-9-18(16)32-2/h3-10,13-14H,11-12H2,1-2H3,(H,24,25)(H,27,30). The van der Waals surface area contributed by atoms with Crippen LogP contribution in [-0.2, 0) is 13.1 Å². The maximum absolute atomic E-state index is 12.8. The van der Waals surface area contributed by atoms with Crippen LogP contribution in [0.5, 0.6) is 0 Å². The van der Waals surface area contributed by atoms with E-state index in [1.807, 2.05) is 35.1 Å². The fraction of sp³-hybridized carbons (Fsp3) is 0.174. The normalized spacial score (nSPS) is 12.2. The largest absolute Gasteiger partial charge is 0.330 e. The molecule has 0 unspecified atom stereocenters. The van der Waals surface area contributed by atoms with Gasteiger partial charge >= 0.3 is 5.69 Å². The van der Waals surface area contributed by atoms with Gasteiger partial charge in [-0.15, -0.1) is 23.5 Å². The topological polar surface area (TPSA) is 80.0 Å². The summed E-state index contributed by atoms with van der Waals surface area (Å²) < 4.78 is 3.70. The number of aliphatic imine (C=N–C) groups is 1. The zero-order valence-corrected chi connectivity index (χ0v) is 19.3. The Hall–Kier alpha value is -3.17. The SMILES string of the molecule is CSc1cccc(Cn2c3c([nH]c2=O)-c2ncn(Cc4ccccc4SC)c2N=CN3)c1. The molecule has 0 saturated heterocycles. The zero-order valence-electron chi connectivity index (χ0n) is 17.7. The number of imidazole rings is 2. The van der Waals surface area contributed by atoms with Crippen molar-refractivity contribution in [3.05, 3.63) is 76.5 Å². The summed E-state index contributed by atoms with van der Waals surface area (Å²) in [5.41, 5.74) is 3.40. The number of anilines is 1. The van der Waals surface area contributed by atoms with Gasteiger partial charge in [-0.2, -0.15) is 0 Å². The van der Waals surface area contributed by atoms with Crippen LogP contribution in [0.15, 0.2) is 74.4 Å². The Balaban J connectivity index is 1.52. The summed E-state index contributed by atoms with van der Waals surface area (Å²) in [6.45, 7) is 1.11. The number of nitrogens with one attached hydrogen (secondary N) is 2. The van der Waals surface area contributed by atoms with Gasteiger partial charge in [-0.3, -0.25) is 4.57 Å². The van der Waals surface area contributed by atoms with Crippen LogP contribution in [0, 0.1) is 0 Å². The van der Waals surface area contributed by atoms with Crippen LogP contribution in [0.1, 0.15) is 11.1 Å². The molecule has 0 spiro atoms. The fourth-order valence-electron chi connectivity index (χ4n) is 3.87. The molecule has 0 fully saturated rings. The first-order valence-corrected chi connectivity index (χ1v) is 12.5. The van der Waals surface area contributed by atoms with Gasteiger partial charge < -0.3 is 14.9 Å². The second-order valence-corrected chi connectivity index (χ2v) is 9.08. The zero-order chi connectivity index (χ0) is 22.1. The Morgan fingerprint density at radius 2 is 1.91 bits per heavy atom. The minimum absolute atomic E-state index is 0.180. The second kappa shape index (κ2) is 8.76. The Bertz CT molecular complexity index is 1370. The molecule has 7 nitrogen and oxygen atoms in total. The van der Waals surface area contributed by atoms with Crippen molar-refractivity contribution in [2.24, 2.45) is 4.99 Å². The molecule has 0 atom stereocenters. The van der Waals surface area contributed by atoms with E-state index in [2.05, 4.69) is 50.8 Å². The van der Waals surface area contributed by atoms with Crippen molar-refractivity contribution < 1.29 is 0 Å². The molecule has 3 heterocycles. The molecular weight excluding hydrogens is 440 g/mol. The number of rotatable bonds is 6. The highest BCUT2D eigenvalue weighted by Crippen LogP contribution is 2.35. The fourth-order valence-corrected chi connectivity index (χ4v) is 4.96. The molecule has 4 aromatic rings. The van der Waals surface area contributed by atoms with Crippen molar-refractivity contribution in [2.75, 3.05) is 17.8 Å². The number of nitrogens with zero attached hydrogens (tertiary/aromatic N) is 4. The molecule has 2 aromatic heterocycles. The molecule has 0 aliphatic carbocycles. The summed E-state index contributed by atoms with van der Waals surface area (Å²) in [5.74, 6) is 1.38. The minimum atomic E-state index is -0.180. The molecule has 0 saturated carbocycles. The number of hydrogen-bond acceptors (Lipinski definition) is 6. The number of H-pyrrole nitrogens is 1. The van der Waals surface area contributed by atoms with E-state index >= 15 is 0 Å². The molecule has 162 valence electrons. The number of aromatic nitrogens is 4. The lowest BCUT2D eigenvalue weighted by molar-refractivity contribution is 0.769. The van der Waals surface area contributed by atoms with E-state index in [9.17, 15) is 4.79 Å². The van der Waals surface area contributed by atoms with Gasteiger partial charge in [-0.25, -0.2) is 14.8 Å². The summed E-state index contributed by atoms with van der Waals surface area (Å²) in [4.78, 5) is 27.4. The van der Waals surface area contributed by atoms with E-state index in [1.54, 1.807) is 40.8 Å². The van der Waals surface area contributed by atoms with Crippen LogP contribution in [0.3, 0.4) is 0 Å². The Labute approximate surface area is 194 Å². The van der Waals surface area contributed by atoms with Crippen LogP contribution in [-0.4, -0.2) is 38.0 Å². The lowest BCUT2D eigenvalue weighted by Crippen LogP contribution is -2.19. The summed E-state index contributed by atoms with van der Waals surface area (Å²) in [6.07, 6.45) is 7.53. The number of thioether (sulfide) groups is 2. The molecule has 0 radical (unpaired) electrons. The predicted octanol–water partition coefficient (Wildman–Crippen LogP) is 4.67. The molecule has 2 N–H and O–H groups in total. The molecule has 2 aromatic carbocycles. The van der Waals surface area contributed by atoms with Crippen LogP contribution >= 0.6 is 23.5 Å². The van der Waals surface area contributed by atoms with Gasteiger partial charge in [-0.1, -0.05) is 30.3 Å². The third-order valence-corrected chi connectivity index (χ3v) is 6.99. The number of hydrogen-bond donors (Lipinski definition) is 2. The average Bonchev–Trinajstić information content (AvgIpc) is 3.29. The minimum Gasteiger partial charge on any atom is -0.330 e. The van der Waals surface area contributed by atoms with Crippen LogP contribution < -0.4 is 11.0 Å². The van der Waals surface area contributed by atoms with Gasteiger partial charge in [0.2, 0.25) is 0 Å². The van der Waals surface area contributed by atoms with Crippen molar-refractivity contribution in [1.82, 2.24) is 19.1 Å². The molecule has 5 rings (SSSR count). The predicted molar refractivity (Wildman–Crippen MR) is 133 cm³/mol. The molecular formula is C23H22N6OS2. The van der Waals surface area contributed by atoms with E-state index in [0.717, 1.165) is 5.56 Å². The first-order valence-electron chi connectivity index (χ1n) is 10.1. The molecule has 0 bridgehead atoms. The summed E-state index contributed by atoms with van der Waals surface area (Å²) >= 11 is 3.40. The summed E-state index contributed by atoms with van der Waals surface area (Å²) in [6, 6.07) is 16.5. The highest BCUT2D eigenvalue weighted by Gasteiger charge is 2.24. The molecule has 1 aliphatic heterocycles. The Morgan fingerprint density at radius 3 is 2.75 bits per heavy atom. The van der Waals surface area contributed by atoms with E-state index in [1.165, 1.54) is 15.4 Å². The molecule has 0 amide bonds. The number of benzene rings is 2. The first kappa shape index (κ1) is 20.7. The lowest BCUT2D eigenvalue weighted by atomic mass is 10.2. The van der Waals surface area contributed by atoms with E-state index < -0.39 is 0 Å². The van der Waals surface area contributed by atoms with Crippen LogP contribution in [0.25, 0.3) is 11.4 Å². The summed E-state index contributed by atoms with van der Waals surface area (Å²) in [5, 5.41) is 3.19. The third-order valence-electron chi connectivity index (χ3n) is 5.43. The quantitative estimate of drug-likeness (QED) is 0.407. The lowest BCUT2D eigenvalue weighted by Gasteiger charge is -2.09. The van der Waals surface area contributed by atoms with Gasteiger partial charge in [0.25, 0.3) is 0 Å². The molecule has 32 heavy (non-hydrogen) atoms. The third kappa shape index (κ3) is 3.78. The maximum Gasteiger partial charge on any atom is 0.327 e. The van der Waals surface area contributed by atoms with Gasteiger partial charge in [-0.05, 0) is 41.8 Å². The van der Waals surface area contributed by atoms with Crippen molar-refractivity contribution in [3.63, 3.8) is 0 Å². The Kier molecular flexibility index (Phi) is 5.67. The van der Waals surface area contributed by atoms with Crippen LogP contribution in [0.4, 0.5) is 11.6 Å². The van der Waals surface area contributed by atoms with Gasteiger partial charge in [0.05, 0.1) is 25.8 Å².